The van der Waals surface area contributed by atoms with E-state index >= 15 is 0 Å². The summed E-state index contributed by atoms with van der Waals surface area (Å²) < 4.78 is 13.6. The Morgan fingerprint density at radius 3 is 2.56 bits per heavy atom. The summed E-state index contributed by atoms with van der Waals surface area (Å²) in [6.07, 6.45) is -2.25. The zero-order valence-electron chi connectivity index (χ0n) is 9.51. The first-order chi connectivity index (χ1) is 8.45. The SMILES string of the molecule is O=C(O)Cc1ccc(C(O)C(O)CCBr)cc1F. The summed E-state index contributed by atoms with van der Waals surface area (Å²) in [4.78, 5) is 10.5. The van der Waals surface area contributed by atoms with E-state index in [0.29, 0.717) is 11.8 Å². The number of hydrogen-bond acceptors (Lipinski definition) is 3. The van der Waals surface area contributed by atoms with Crippen LogP contribution in [0.3, 0.4) is 0 Å². The highest BCUT2D eigenvalue weighted by Crippen LogP contribution is 2.22. The summed E-state index contributed by atoms with van der Waals surface area (Å²) in [6, 6.07) is 3.78. The van der Waals surface area contributed by atoms with E-state index in [1.54, 1.807) is 0 Å². The number of aliphatic carboxylic acids is 1. The van der Waals surface area contributed by atoms with Crippen LogP contribution >= 0.6 is 15.9 Å². The molecular formula is C12H14BrFO4. The first kappa shape index (κ1) is 15.1. The van der Waals surface area contributed by atoms with Crippen molar-refractivity contribution in [1.29, 1.82) is 0 Å². The Hall–Kier alpha value is -0.980. The van der Waals surface area contributed by atoms with Gasteiger partial charge in [-0.2, -0.15) is 0 Å². The fourth-order valence-corrected chi connectivity index (χ4v) is 2.01. The Bertz CT molecular complexity index is 425. The molecule has 18 heavy (non-hydrogen) atoms. The van der Waals surface area contributed by atoms with E-state index in [0.717, 1.165) is 6.07 Å². The standard InChI is InChI=1S/C12H14BrFO4/c13-4-3-10(15)12(18)8-2-1-7(6-11(16)17)9(14)5-8/h1-2,5,10,12,15,18H,3-4,6H2,(H,16,17). The van der Waals surface area contributed by atoms with E-state index in [-0.39, 0.29) is 11.1 Å². The van der Waals surface area contributed by atoms with Crippen molar-refractivity contribution in [2.45, 2.75) is 25.0 Å². The highest BCUT2D eigenvalue weighted by atomic mass is 79.9. The second-order valence-corrected chi connectivity index (χ2v) is 4.70. The normalized spacial score (nSPS) is 14.2. The Morgan fingerprint density at radius 2 is 2.06 bits per heavy atom. The molecule has 0 aliphatic rings. The van der Waals surface area contributed by atoms with Crippen molar-refractivity contribution in [3.8, 4) is 0 Å². The van der Waals surface area contributed by atoms with E-state index in [9.17, 15) is 19.4 Å². The van der Waals surface area contributed by atoms with Crippen LogP contribution < -0.4 is 0 Å². The van der Waals surface area contributed by atoms with Crippen molar-refractivity contribution >= 4 is 21.9 Å². The molecule has 0 bridgehead atoms. The number of hydrogen-bond donors (Lipinski definition) is 3. The minimum absolute atomic E-state index is 0.0495. The molecule has 0 fully saturated rings. The van der Waals surface area contributed by atoms with Gasteiger partial charge in [0.25, 0.3) is 0 Å². The molecule has 6 heteroatoms. The molecule has 1 aromatic rings. The maximum Gasteiger partial charge on any atom is 0.307 e. The van der Waals surface area contributed by atoms with Crippen LogP contribution in [0.25, 0.3) is 0 Å². The van der Waals surface area contributed by atoms with Gasteiger partial charge in [0.15, 0.2) is 0 Å². The average molecular weight is 321 g/mol. The monoisotopic (exact) mass is 320 g/mol. The quantitative estimate of drug-likeness (QED) is 0.696. The molecule has 0 saturated heterocycles. The van der Waals surface area contributed by atoms with Crippen LogP contribution in [-0.2, 0) is 11.2 Å². The van der Waals surface area contributed by atoms with E-state index in [2.05, 4.69) is 15.9 Å². The van der Waals surface area contributed by atoms with E-state index in [1.165, 1.54) is 12.1 Å². The molecule has 2 atom stereocenters. The Kier molecular flexibility index (Phi) is 5.71. The fourth-order valence-electron chi connectivity index (χ4n) is 1.55. The second-order valence-electron chi connectivity index (χ2n) is 3.91. The molecule has 0 radical (unpaired) electrons. The van der Waals surface area contributed by atoms with Gasteiger partial charge in [-0.25, -0.2) is 4.39 Å². The lowest BCUT2D eigenvalue weighted by atomic mass is 10.00. The lowest BCUT2D eigenvalue weighted by Crippen LogP contribution is -2.19. The molecule has 0 amide bonds. The molecule has 0 aromatic heterocycles. The maximum absolute atomic E-state index is 13.6. The molecule has 0 aliphatic carbocycles. The van der Waals surface area contributed by atoms with Gasteiger partial charge in [-0.3, -0.25) is 4.79 Å². The molecule has 2 unspecified atom stereocenters. The number of alkyl halides is 1. The lowest BCUT2D eigenvalue weighted by molar-refractivity contribution is -0.136. The largest absolute Gasteiger partial charge is 0.481 e. The van der Waals surface area contributed by atoms with Crippen LogP contribution in [0.4, 0.5) is 4.39 Å². The zero-order valence-corrected chi connectivity index (χ0v) is 11.1. The van der Waals surface area contributed by atoms with Crippen molar-refractivity contribution in [3.63, 3.8) is 0 Å². The van der Waals surface area contributed by atoms with Gasteiger partial charge in [-0.1, -0.05) is 28.1 Å². The van der Waals surface area contributed by atoms with Gasteiger partial charge in [-0.15, -0.1) is 0 Å². The van der Waals surface area contributed by atoms with Crippen molar-refractivity contribution in [2.75, 3.05) is 5.33 Å². The van der Waals surface area contributed by atoms with Crippen molar-refractivity contribution < 1.29 is 24.5 Å². The third-order valence-electron chi connectivity index (χ3n) is 2.53. The van der Waals surface area contributed by atoms with E-state index in [1.807, 2.05) is 0 Å². The molecule has 3 N–H and O–H groups in total. The molecule has 0 spiro atoms. The smallest absolute Gasteiger partial charge is 0.307 e. The van der Waals surface area contributed by atoms with Crippen molar-refractivity contribution in [3.05, 3.63) is 35.1 Å². The van der Waals surface area contributed by atoms with Crippen molar-refractivity contribution in [2.24, 2.45) is 0 Å². The summed E-state index contributed by atoms with van der Waals surface area (Å²) in [5.74, 6) is -1.82. The maximum atomic E-state index is 13.6. The molecule has 100 valence electrons. The zero-order chi connectivity index (χ0) is 13.7. The van der Waals surface area contributed by atoms with Crippen LogP contribution in [0.5, 0.6) is 0 Å². The lowest BCUT2D eigenvalue weighted by Gasteiger charge is -2.17. The van der Waals surface area contributed by atoms with E-state index in [4.69, 9.17) is 5.11 Å². The van der Waals surface area contributed by atoms with Crippen molar-refractivity contribution in [1.82, 2.24) is 0 Å². The van der Waals surface area contributed by atoms with Gasteiger partial charge in [-0.05, 0) is 23.6 Å². The molecule has 4 nitrogen and oxygen atoms in total. The first-order valence-corrected chi connectivity index (χ1v) is 6.50. The number of carboxylic acid groups (broad SMARTS) is 1. The number of aliphatic hydroxyl groups excluding tert-OH is 2. The van der Waals surface area contributed by atoms with Gasteiger partial charge in [0, 0.05) is 5.33 Å². The van der Waals surface area contributed by atoms with E-state index < -0.39 is 30.4 Å². The number of rotatable bonds is 6. The van der Waals surface area contributed by atoms with Crippen LogP contribution in [0.15, 0.2) is 18.2 Å². The van der Waals surface area contributed by atoms with Gasteiger partial charge < -0.3 is 15.3 Å². The number of benzene rings is 1. The third kappa shape index (κ3) is 4.04. The predicted molar refractivity (Wildman–Crippen MR) is 67.1 cm³/mol. The van der Waals surface area contributed by atoms with Crippen LogP contribution in [-0.4, -0.2) is 32.7 Å². The van der Waals surface area contributed by atoms with Gasteiger partial charge in [0.05, 0.1) is 12.5 Å². The topological polar surface area (TPSA) is 77.8 Å². The Morgan fingerprint density at radius 1 is 1.39 bits per heavy atom. The van der Waals surface area contributed by atoms with Gasteiger partial charge >= 0.3 is 5.97 Å². The van der Waals surface area contributed by atoms with Crippen LogP contribution in [0.1, 0.15) is 23.7 Å². The number of carboxylic acids is 1. The summed E-state index contributed by atoms with van der Waals surface area (Å²) in [5, 5.41) is 28.4. The van der Waals surface area contributed by atoms with Gasteiger partial charge in [0.2, 0.25) is 0 Å². The summed E-state index contributed by atoms with van der Waals surface area (Å²) in [6.45, 7) is 0. The number of halogens is 2. The number of aliphatic hydroxyl groups is 2. The third-order valence-corrected chi connectivity index (χ3v) is 2.99. The predicted octanol–water partition coefficient (Wildman–Crippen LogP) is 1.63. The molecule has 0 aliphatic heterocycles. The Balaban J connectivity index is 2.86. The second kappa shape index (κ2) is 6.82. The fraction of sp³-hybridized carbons (Fsp3) is 0.417. The average Bonchev–Trinajstić information content (AvgIpc) is 2.30. The summed E-state index contributed by atoms with van der Waals surface area (Å²) in [5.41, 5.74) is 0.281. The van der Waals surface area contributed by atoms with Gasteiger partial charge in [0.1, 0.15) is 11.9 Å². The summed E-state index contributed by atoms with van der Waals surface area (Å²) >= 11 is 3.13. The number of carbonyl (C=O) groups is 1. The first-order valence-electron chi connectivity index (χ1n) is 5.38. The Labute approximate surface area is 112 Å². The minimum atomic E-state index is -1.18. The molecule has 1 aromatic carbocycles. The molecular weight excluding hydrogens is 307 g/mol. The highest BCUT2D eigenvalue weighted by Gasteiger charge is 2.19. The minimum Gasteiger partial charge on any atom is -0.481 e. The molecule has 0 heterocycles. The molecule has 1 rings (SSSR count). The highest BCUT2D eigenvalue weighted by molar-refractivity contribution is 9.09. The summed E-state index contributed by atoms with van der Waals surface area (Å²) in [7, 11) is 0. The molecule has 0 saturated carbocycles. The van der Waals surface area contributed by atoms with Crippen LogP contribution in [0.2, 0.25) is 0 Å². The van der Waals surface area contributed by atoms with Crippen LogP contribution in [0, 0.1) is 5.82 Å².